The van der Waals surface area contributed by atoms with Gasteiger partial charge in [-0.05, 0) is 42.5 Å². The fraction of sp³-hybridized carbons (Fsp3) is 0.462. The van der Waals surface area contributed by atoms with Crippen LogP contribution in [0.3, 0.4) is 0 Å². The molecule has 1 N–H and O–H groups in total. The molecule has 0 saturated carbocycles. The summed E-state index contributed by atoms with van der Waals surface area (Å²) < 4.78 is 37.9. The molecular weight excluding hydrogens is 243 g/mol. The third-order valence-corrected chi connectivity index (χ3v) is 4.04. The van der Waals surface area contributed by atoms with Crippen LogP contribution in [0.2, 0.25) is 0 Å². The first kappa shape index (κ1) is 11.6. The molecule has 5 heteroatoms. The van der Waals surface area contributed by atoms with Gasteiger partial charge in [0.1, 0.15) is 0 Å². The number of rotatable bonds is 0. The van der Waals surface area contributed by atoms with Crippen molar-refractivity contribution in [3.63, 3.8) is 0 Å². The van der Waals surface area contributed by atoms with Crippen LogP contribution >= 0.6 is 0 Å². The average molecular weight is 255 g/mol. The Morgan fingerprint density at radius 2 is 2.00 bits per heavy atom. The summed E-state index contributed by atoms with van der Waals surface area (Å²) in [5.74, 6) is -0.0407. The van der Waals surface area contributed by atoms with Gasteiger partial charge in [-0.3, -0.25) is 4.79 Å². The zero-order chi connectivity index (χ0) is 13.0. The second-order valence-corrected chi connectivity index (χ2v) is 4.96. The van der Waals surface area contributed by atoms with Crippen molar-refractivity contribution in [2.24, 2.45) is 0 Å². The van der Waals surface area contributed by atoms with Crippen LogP contribution in [-0.4, -0.2) is 12.5 Å². The van der Waals surface area contributed by atoms with Gasteiger partial charge < -0.3 is 5.32 Å². The molecule has 0 radical (unpaired) electrons. The molecular formula is C13H12F3NO. The molecule has 2 aliphatic rings. The smallest absolute Gasteiger partial charge is 0.355 e. The Labute approximate surface area is 102 Å². The van der Waals surface area contributed by atoms with Gasteiger partial charge in [-0.15, -0.1) is 0 Å². The van der Waals surface area contributed by atoms with Gasteiger partial charge in [0.2, 0.25) is 5.91 Å². The monoisotopic (exact) mass is 255 g/mol. The standard InChI is InChI=1S/C13H12F3NO/c14-13(15,16)9-1-2-10-8(7-9)3-4-12(10)5-6-17-11(12)18/h1-2,7H,3-6H2,(H,17,18). The van der Waals surface area contributed by atoms with Gasteiger partial charge in [-0.25, -0.2) is 0 Å². The van der Waals surface area contributed by atoms with E-state index in [0.29, 0.717) is 31.4 Å². The first-order valence-corrected chi connectivity index (χ1v) is 5.92. The Morgan fingerprint density at radius 1 is 1.22 bits per heavy atom. The molecule has 1 fully saturated rings. The third-order valence-electron chi connectivity index (χ3n) is 4.04. The molecule has 0 bridgehead atoms. The summed E-state index contributed by atoms with van der Waals surface area (Å²) in [7, 11) is 0. The Bertz CT molecular complexity index is 523. The Balaban J connectivity index is 2.07. The van der Waals surface area contributed by atoms with E-state index in [9.17, 15) is 18.0 Å². The average Bonchev–Trinajstić information content (AvgIpc) is 2.85. The number of amides is 1. The van der Waals surface area contributed by atoms with Crippen molar-refractivity contribution in [2.45, 2.75) is 30.9 Å². The fourth-order valence-corrected chi connectivity index (χ4v) is 3.09. The number of fused-ring (bicyclic) bond motifs is 2. The quantitative estimate of drug-likeness (QED) is 0.757. The van der Waals surface area contributed by atoms with Gasteiger partial charge in [0.25, 0.3) is 0 Å². The lowest BCUT2D eigenvalue weighted by Gasteiger charge is -2.21. The van der Waals surface area contributed by atoms with E-state index in [1.807, 2.05) is 0 Å². The van der Waals surface area contributed by atoms with Crippen LogP contribution in [0.15, 0.2) is 18.2 Å². The second-order valence-electron chi connectivity index (χ2n) is 4.96. The van der Waals surface area contributed by atoms with Crippen LogP contribution in [0.25, 0.3) is 0 Å². The molecule has 1 unspecified atom stereocenters. The van der Waals surface area contributed by atoms with Crippen molar-refractivity contribution in [3.05, 3.63) is 34.9 Å². The number of benzene rings is 1. The van der Waals surface area contributed by atoms with Crippen LogP contribution in [0, 0.1) is 0 Å². The Morgan fingerprint density at radius 3 is 2.61 bits per heavy atom. The fourth-order valence-electron chi connectivity index (χ4n) is 3.09. The molecule has 1 aromatic carbocycles. The van der Waals surface area contributed by atoms with E-state index >= 15 is 0 Å². The molecule has 1 aliphatic heterocycles. The van der Waals surface area contributed by atoms with Crippen molar-refractivity contribution in [3.8, 4) is 0 Å². The minimum absolute atomic E-state index is 0.0407. The summed E-state index contributed by atoms with van der Waals surface area (Å²) in [6, 6.07) is 3.75. The SMILES string of the molecule is O=C1NCCC12CCc1cc(C(F)(F)F)ccc12. The molecule has 1 atom stereocenters. The number of carbonyl (C=O) groups is 1. The first-order chi connectivity index (χ1) is 8.43. The Kier molecular flexibility index (Phi) is 2.24. The third kappa shape index (κ3) is 1.46. The van der Waals surface area contributed by atoms with E-state index in [-0.39, 0.29) is 5.91 Å². The summed E-state index contributed by atoms with van der Waals surface area (Å²) in [5.41, 5.74) is 0.253. The maximum Gasteiger partial charge on any atom is 0.416 e. The molecule has 1 aromatic rings. The van der Waals surface area contributed by atoms with Crippen LogP contribution < -0.4 is 5.32 Å². The van der Waals surface area contributed by atoms with E-state index in [1.54, 1.807) is 0 Å². The van der Waals surface area contributed by atoms with Gasteiger partial charge >= 0.3 is 6.18 Å². The molecule has 2 nitrogen and oxygen atoms in total. The van der Waals surface area contributed by atoms with Gasteiger partial charge in [0.05, 0.1) is 11.0 Å². The zero-order valence-corrected chi connectivity index (χ0v) is 9.60. The first-order valence-electron chi connectivity index (χ1n) is 5.92. The van der Waals surface area contributed by atoms with Crippen LogP contribution in [-0.2, 0) is 22.8 Å². The molecule has 96 valence electrons. The van der Waals surface area contributed by atoms with E-state index in [1.165, 1.54) is 12.1 Å². The van der Waals surface area contributed by atoms with E-state index < -0.39 is 17.2 Å². The lowest BCUT2D eigenvalue weighted by atomic mass is 9.80. The molecule has 1 heterocycles. The van der Waals surface area contributed by atoms with Gasteiger partial charge in [0.15, 0.2) is 0 Å². The lowest BCUT2D eigenvalue weighted by Crippen LogP contribution is -2.33. The Hall–Kier alpha value is -1.52. The molecule has 1 amide bonds. The number of aryl methyl sites for hydroxylation is 1. The minimum Gasteiger partial charge on any atom is -0.355 e. The maximum atomic E-state index is 12.6. The molecule has 1 aliphatic carbocycles. The maximum absolute atomic E-state index is 12.6. The molecule has 1 saturated heterocycles. The van der Waals surface area contributed by atoms with Gasteiger partial charge in [-0.1, -0.05) is 6.07 Å². The van der Waals surface area contributed by atoms with E-state index in [2.05, 4.69) is 5.32 Å². The van der Waals surface area contributed by atoms with E-state index in [4.69, 9.17) is 0 Å². The van der Waals surface area contributed by atoms with Crippen molar-refractivity contribution in [1.82, 2.24) is 5.32 Å². The number of hydrogen-bond donors (Lipinski definition) is 1. The van der Waals surface area contributed by atoms with Crippen LogP contribution in [0.4, 0.5) is 13.2 Å². The number of hydrogen-bond acceptors (Lipinski definition) is 1. The van der Waals surface area contributed by atoms with Gasteiger partial charge in [0, 0.05) is 6.54 Å². The van der Waals surface area contributed by atoms with Crippen molar-refractivity contribution < 1.29 is 18.0 Å². The molecule has 1 spiro atoms. The highest BCUT2D eigenvalue weighted by atomic mass is 19.4. The highest BCUT2D eigenvalue weighted by Gasteiger charge is 2.48. The summed E-state index contributed by atoms with van der Waals surface area (Å²) in [6.07, 6.45) is -2.46. The topological polar surface area (TPSA) is 29.1 Å². The van der Waals surface area contributed by atoms with Crippen LogP contribution in [0.1, 0.15) is 29.5 Å². The van der Waals surface area contributed by atoms with Gasteiger partial charge in [-0.2, -0.15) is 13.2 Å². The number of carbonyl (C=O) groups excluding carboxylic acids is 1. The highest BCUT2D eigenvalue weighted by Crippen LogP contribution is 2.45. The zero-order valence-electron chi connectivity index (χ0n) is 9.60. The summed E-state index contributed by atoms with van der Waals surface area (Å²) in [4.78, 5) is 11.9. The van der Waals surface area contributed by atoms with Crippen molar-refractivity contribution in [1.29, 1.82) is 0 Å². The highest BCUT2D eigenvalue weighted by molar-refractivity contribution is 5.91. The summed E-state index contributed by atoms with van der Waals surface area (Å²) in [5, 5.41) is 2.78. The molecule has 18 heavy (non-hydrogen) atoms. The number of nitrogens with one attached hydrogen (secondary N) is 1. The number of alkyl halides is 3. The summed E-state index contributed by atoms with van der Waals surface area (Å²) in [6.45, 7) is 0.610. The molecule has 3 rings (SSSR count). The van der Waals surface area contributed by atoms with Crippen molar-refractivity contribution >= 4 is 5.91 Å². The predicted octanol–water partition coefficient (Wildman–Crippen LogP) is 2.41. The molecule has 0 aromatic heterocycles. The normalized spacial score (nSPS) is 26.5. The largest absolute Gasteiger partial charge is 0.416 e. The van der Waals surface area contributed by atoms with Crippen LogP contribution in [0.5, 0.6) is 0 Å². The summed E-state index contributed by atoms with van der Waals surface area (Å²) >= 11 is 0. The number of halogens is 3. The lowest BCUT2D eigenvalue weighted by molar-refractivity contribution is -0.137. The predicted molar refractivity (Wildman–Crippen MR) is 59.1 cm³/mol. The van der Waals surface area contributed by atoms with E-state index in [0.717, 1.165) is 11.6 Å². The minimum atomic E-state index is -4.32. The van der Waals surface area contributed by atoms with Crippen molar-refractivity contribution in [2.75, 3.05) is 6.54 Å². The second kappa shape index (κ2) is 3.49.